The topological polar surface area (TPSA) is 96.5 Å². The molecule has 3 atom stereocenters. The number of alkyl halides is 1. The van der Waals surface area contributed by atoms with Crippen LogP contribution in [0.1, 0.15) is 49.9 Å². The molecule has 0 amide bonds. The SMILES string of the molecule is CC(C)(c1ccc(O)cc1)c1ccc(O)cc1.CC(C)(c1ccc(OCC2CO2)cc1)c1ccc(OC2CO2)cc1.ClCC1CO1. The highest BCUT2D eigenvalue weighted by molar-refractivity contribution is 6.18. The summed E-state index contributed by atoms with van der Waals surface area (Å²) >= 11 is 5.27. The van der Waals surface area contributed by atoms with E-state index >= 15 is 0 Å². The van der Waals surface area contributed by atoms with E-state index in [0.717, 1.165) is 35.8 Å². The zero-order valence-corrected chi connectivity index (χ0v) is 27.6. The minimum absolute atomic E-state index is 0.0579. The number of rotatable bonds is 10. The van der Waals surface area contributed by atoms with E-state index in [1.165, 1.54) is 11.1 Å². The second-order valence-corrected chi connectivity index (χ2v) is 13.0. The van der Waals surface area contributed by atoms with E-state index in [4.69, 9.17) is 35.3 Å². The van der Waals surface area contributed by atoms with Gasteiger partial charge in [0.2, 0.25) is 6.29 Å². The first-order valence-electron chi connectivity index (χ1n) is 15.5. The van der Waals surface area contributed by atoms with Crippen molar-refractivity contribution in [2.24, 2.45) is 0 Å². The van der Waals surface area contributed by atoms with Crippen molar-refractivity contribution >= 4 is 11.6 Å². The maximum absolute atomic E-state index is 9.30. The Morgan fingerprint density at radius 3 is 1.28 bits per heavy atom. The van der Waals surface area contributed by atoms with E-state index in [9.17, 15) is 10.2 Å². The van der Waals surface area contributed by atoms with Gasteiger partial charge in [0.15, 0.2) is 0 Å². The smallest absolute Gasteiger partial charge is 0.223 e. The van der Waals surface area contributed by atoms with Crippen molar-refractivity contribution in [1.29, 1.82) is 0 Å². The molecule has 0 bridgehead atoms. The van der Waals surface area contributed by atoms with Gasteiger partial charge in [0.1, 0.15) is 42.3 Å². The van der Waals surface area contributed by atoms with E-state index in [-0.39, 0.29) is 34.7 Å². The first kappa shape index (κ1) is 33.6. The molecule has 3 unspecified atom stereocenters. The lowest BCUT2D eigenvalue weighted by molar-refractivity contribution is 0.179. The van der Waals surface area contributed by atoms with Crippen LogP contribution in [0.5, 0.6) is 23.0 Å². The Hall–Kier alpha value is -3.75. The highest BCUT2D eigenvalue weighted by atomic mass is 35.5. The third-order valence-electron chi connectivity index (χ3n) is 8.31. The van der Waals surface area contributed by atoms with Crippen LogP contribution in [0, 0.1) is 0 Å². The second kappa shape index (κ2) is 14.8. The molecule has 0 aliphatic carbocycles. The van der Waals surface area contributed by atoms with Crippen LogP contribution in [0.25, 0.3) is 0 Å². The van der Waals surface area contributed by atoms with Crippen molar-refractivity contribution < 1.29 is 33.9 Å². The predicted molar refractivity (Wildman–Crippen MR) is 179 cm³/mol. The molecule has 3 fully saturated rings. The van der Waals surface area contributed by atoms with Gasteiger partial charge in [-0.2, -0.15) is 0 Å². The first-order valence-corrected chi connectivity index (χ1v) is 16.1. The zero-order chi connectivity index (χ0) is 32.7. The molecule has 0 aromatic heterocycles. The number of epoxide rings is 3. The minimum atomic E-state index is -0.151. The molecule has 8 heteroatoms. The van der Waals surface area contributed by atoms with Gasteiger partial charge >= 0.3 is 0 Å². The summed E-state index contributed by atoms with van der Waals surface area (Å²) in [5.74, 6) is 2.95. The van der Waals surface area contributed by atoms with Crippen LogP contribution in [-0.4, -0.2) is 61.0 Å². The molecule has 7 rings (SSSR count). The van der Waals surface area contributed by atoms with Crippen LogP contribution in [0.3, 0.4) is 0 Å². The van der Waals surface area contributed by atoms with Gasteiger partial charge in [0.25, 0.3) is 0 Å². The quantitative estimate of drug-likeness (QED) is 0.135. The van der Waals surface area contributed by atoms with E-state index in [1.54, 1.807) is 24.3 Å². The van der Waals surface area contributed by atoms with Gasteiger partial charge in [-0.1, -0.05) is 76.2 Å². The van der Waals surface area contributed by atoms with E-state index in [1.807, 2.05) is 48.5 Å². The molecule has 0 saturated carbocycles. The lowest BCUT2D eigenvalue weighted by atomic mass is 9.78. The van der Waals surface area contributed by atoms with Crippen molar-refractivity contribution in [3.8, 4) is 23.0 Å². The summed E-state index contributed by atoms with van der Waals surface area (Å²) < 4.78 is 26.3. The van der Waals surface area contributed by atoms with Crippen LogP contribution in [0.4, 0.5) is 0 Å². The molecule has 46 heavy (non-hydrogen) atoms. The van der Waals surface area contributed by atoms with Gasteiger partial charge < -0.3 is 33.9 Å². The average molecular weight is 647 g/mol. The van der Waals surface area contributed by atoms with Gasteiger partial charge in [0, 0.05) is 10.8 Å². The van der Waals surface area contributed by atoms with Crippen LogP contribution >= 0.6 is 11.6 Å². The van der Waals surface area contributed by atoms with E-state index in [0.29, 0.717) is 25.2 Å². The molecule has 244 valence electrons. The summed E-state index contributed by atoms with van der Waals surface area (Å²) in [5, 5.41) is 18.6. The van der Waals surface area contributed by atoms with Crippen molar-refractivity contribution in [2.75, 3.05) is 32.3 Å². The summed E-state index contributed by atoms with van der Waals surface area (Å²) in [7, 11) is 0. The van der Waals surface area contributed by atoms with Crippen LogP contribution < -0.4 is 9.47 Å². The normalized spacial score (nSPS) is 19.5. The van der Waals surface area contributed by atoms with Gasteiger partial charge in [-0.3, -0.25) is 0 Å². The van der Waals surface area contributed by atoms with E-state index in [2.05, 4.69) is 52.0 Å². The van der Waals surface area contributed by atoms with Crippen molar-refractivity contribution in [2.45, 2.75) is 57.0 Å². The highest BCUT2D eigenvalue weighted by Gasteiger charge is 2.27. The van der Waals surface area contributed by atoms with Crippen LogP contribution in [0.2, 0.25) is 0 Å². The average Bonchev–Trinajstić information content (AvgIpc) is 3.91. The molecule has 7 nitrogen and oxygen atoms in total. The predicted octanol–water partition coefficient (Wildman–Crippen LogP) is 7.57. The summed E-state index contributed by atoms with van der Waals surface area (Å²) in [5.41, 5.74) is 4.50. The highest BCUT2D eigenvalue weighted by Crippen LogP contribution is 2.35. The fourth-order valence-electron chi connectivity index (χ4n) is 4.78. The van der Waals surface area contributed by atoms with Gasteiger partial charge in [-0.05, 0) is 70.8 Å². The largest absolute Gasteiger partial charge is 0.508 e. The summed E-state index contributed by atoms with van der Waals surface area (Å²) in [4.78, 5) is 0. The van der Waals surface area contributed by atoms with Crippen molar-refractivity contribution in [1.82, 2.24) is 0 Å². The molecule has 0 radical (unpaired) electrons. The number of ether oxygens (including phenoxy) is 5. The molecular formula is C38H43ClO7. The number of benzene rings is 4. The Morgan fingerprint density at radius 2 is 0.957 bits per heavy atom. The first-order chi connectivity index (χ1) is 22.0. The maximum Gasteiger partial charge on any atom is 0.223 e. The molecule has 4 aromatic rings. The standard InChI is InChI=1S/C20H22O4.C15H16O2.C3H5ClO/c1-20(2,15-5-9-17(10-6-15)24-19-13-23-19)14-3-7-16(8-4-14)21-11-18-12-22-18;1-15(2,11-3-7-13(16)8-4-11)12-5-9-14(17)10-6-12;4-1-3-2-5-3/h3-10,18-19H,11-13H2,1-2H3;3-10,16-17H,1-2H3;3H,1-2H2. The summed E-state index contributed by atoms with van der Waals surface area (Å²) in [6, 6.07) is 31.0. The van der Waals surface area contributed by atoms with Crippen molar-refractivity contribution in [3.05, 3.63) is 119 Å². The molecular weight excluding hydrogens is 604 g/mol. The number of phenols is 2. The number of halogens is 1. The van der Waals surface area contributed by atoms with Crippen LogP contribution in [-0.2, 0) is 25.0 Å². The van der Waals surface area contributed by atoms with Gasteiger partial charge in [-0.15, -0.1) is 11.6 Å². The third kappa shape index (κ3) is 9.63. The molecule has 3 heterocycles. The number of hydrogen-bond acceptors (Lipinski definition) is 7. The summed E-state index contributed by atoms with van der Waals surface area (Å²) in [6.45, 7) is 11.7. The fourth-order valence-corrected chi connectivity index (χ4v) is 4.96. The lowest BCUT2D eigenvalue weighted by Crippen LogP contribution is -2.18. The molecule has 2 N–H and O–H groups in total. The lowest BCUT2D eigenvalue weighted by Gasteiger charge is -2.26. The molecule has 3 aliphatic rings. The fraction of sp³-hybridized carbons (Fsp3) is 0.368. The Kier molecular flexibility index (Phi) is 10.8. The number of hydrogen-bond donors (Lipinski definition) is 2. The molecule has 3 aliphatic heterocycles. The number of phenolic OH excluding ortho intramolecular Hbond substituents is 2. The Bertz CT molecular complexity index is 1460. The monoisotopic (exact) mass is 646 g/mol. The number of aromatic hydroxyl groups is 2. The Labute approximate surface area is 276 Å². The molecule has 0 spiro atoms. The van der Waals surface area contributed by atoms with Crippen molar-refractivity contribution in [3.63, 3.8) is 0 Å². The third-order valence-corrected chi connectivity index (χ3v) is 8.66. The van der Waals surface area contributed by atoms with Crippen LogP contribution in [0.15, 0.2) is 97.1 Å². The Morgan fingerprint density at radius 1 is 0.587 bits per heavy atom. The van der Waals surface area contributed by atoms with E-state index < -0.39 is 0 Å². The summed E-state index contributed by atoms with van der Waals surface area (Å²) in [6.07, 6.45) is 0.622. The van der Waals surface area contributed by atoms with Gasteiger partial charge in [-0.25, -0.2) is 0 Å². The Balaban J connectivity index is 0.000000164. The van der Waals surface area contributed by atoms with Gasteiger partial charge in [0.05, 0.1) is 25.2 Å². The zero-order valence-electron chi connectivity index (χ0n) is 26.8. The second-order valence-electron chi connectivity index (χ2n) is 12.6. The minimum Gasteiger partial charge on any atom is -0.508 e. The molecule has 3 saturated heterocycles. The molecule has 4 aromatic carbocycles. The maximum atomic E-state index is 9.30.